The summed E-state index contributed by atoms with van der Waals surface area (Å²) in [6.07, 6.45) is 2.00. The highest BCUT2D eigenvalue weighted by Gasteiger charge is 2.22. The Morgan fingerprint density at radius 1 is 1.19 bits per heavy atom. The van der Waals surface area contributed by atoms with E-state index in [0.29, 0.717) is 17.1 Å². The van der Waals surface area contributed by atoms with Gasteiger partial charge >= 0.3 is 0 Å². The lowest BCUT2D eigenvalue weighted by molar-refractivity contribution is 0.209. The Bertz CT molecular complexity index is 1220. The van der Waals surface area contributed by atoms with E-state index >= 15 is 0 Å². The van der Waals surface area contributed by atoms with Gasteiger partial charge in [-0.3, -0.25) is 0 Å². The van der Waals surface area contributed by atoms with Gasteiger partial charge in [0.2, 0.25) is 16.0 Å². The van der Waals surface area contributed by atoms with E-state index in [2.05, 4.69) is 25.5 Å². The second-order valence-electron chi connectivity index (χ2n) is 7.50. The molecular weight excluding hydrogens is 435 g/mol. The van der Waals surface area contributed by atoms with E-state index in [9.17, 15) is 12.8 Å². The molecule has 9 nitrogen and oxygen atoms in total. The van der Waals surface area contributed by atoms with Gasteiger partial charge < -0.3 is 20.3 Å². The van der Waals surface area contributed by atoms with Crippen molar-refractivity contribution in [2.24, 2.45) is 5.14 Å². The summed E-state index contributed by atoms with van der Waals surface area (Å²) in [6.45, 7) is 1.78. The lowest BCUT2D eigenvalue weighted by Gasteiger charge is -2.18. The third kappa shape index (κ3) is 5.31. The number of halogens is 1. The van der Waals surface area contributed by atoms with E-state index in [-0.39, 0.29) is 22.8 Å². The van der Waals surface area contributed by atoms with Crippen molar-refractivity contribution in [1.29, 1.82) is 0 Å². The van der Waals surface area contributed by atoms with E-state index in [4.69, 9.17) is 9.88 Å². The average molecular weight is 459 g/mol. The molecule has 0 saturated carbocycles. The summed E-state index contributed by atoms with van der Waals surface area (Å²) >= 11 is 0. The van der Waals surface area contributed by atoms with Crippen LogP contribution in [0.15, 0.2) is 59.6 Å². The molecule has 1 unspecified atom stereocenters. The number of ether oxygens (including phenoxy) is 1. The zero-order chi connectivity index (χ0) is 22.7. The average Bonchev–Trinajstić information content (AvgIpc) is 3.16. The third-order valence-electron chi connectivity index (χ3n) is 4.94. The first-order chi connectivity index (χ1) is 15.3. The molecule has 2 heterocycles. The maximum absolute atomic E-state index is 14.4. The Morgan fingerprint density at radius 3 is 2.75 bits per heavy atom. The van der Waals surface area contributed by atoms with Crippen molar-refractivity contribution in [2.75, 3.05) is 30.8 Å². The van der Waals surface area contributed by atoms with Gasteiger partial charge in [-0.15, -0.1) is 0 Å². The summed E-state index contributed by atoms with van der Waals surface area (Å²) in [5, 5.41) is 11.0. The number of para-hydroxylation sites is 2. The van der Waals surface area contributed by atoms with Crippen molar-refractivity contribution in [3.63, 3.8) is 0 Å². The van der Waals surface area contributed by atoms with Crippen molar-refractivity contribution < 1.29 is 17.5 Å². The zero-order valence-electron chi connectivity index (χ0n) is 17.3. The molecule has 1 saturated heterocycles. The standard InChI is InChI=1S/C21H23FN6O3S/c1-28-10-9-15(13-28)31-19-8-3-2-7-18(19)26-20-17(22)12-24-21(27-20)25-14-5-4-6-16(11-14)32(23,29)30/h2-8,11-12,15H,9-10,13H2,1H3,(H2,23,29,30)(H2,24,25,26,27). The first kappa shape index (κ1) is 21.9. The molecule has 3 aromatic rings. The van der Waals surface area contributed by atoms with Gasteiger partial charge in [0.1, 0.15) is 11.9 Å². The predicted octanol–water partition coefficient (Wildman–Crippen LogP) is 2.83. The van der Waals surface area contributed by atoms with Gasteiger partial charge in [0, 0.05) is 18.8 Å². The van der Waals surface area contributed by atoms with E-state index in [1.54, 1.807) is 12.1 Å². The number of nitrogens with one attached hydrogen (secondary N) is 2. The maximum Gasteiger partial charge on any atom is 0.238 e. The van der Waals surface area contributed by atoms with Gasteiger partial charge in [0.15, 0.2) is 11.6 Å². The van der Waals surface area contributed by atoms with Crippen LogP contribution in [0.3, 0.4) is 0 Å². The molecule has 1 aliphatic rings. The number of benzene rings is 2. The van der Waals surface area contributed by atoms with Crippen molar-refractivity contribution in [1.82, 2.24) is 14.9 Å². The highest BCUT2D eigenvalue weighted by Crippen LogP contribution is 2.30. The number of hydrogen-bond donors (Lipinski definition) is 3. The molecule has 1 fully saturated rings. The molecule has 0 spiro atoms. The molecule has 1 aromatic heterocycles. The van der Waals surface area contributed by atoms with Crippen LogP contribution in [0.25, 0.3) is 0 Å². The van der Waals surface area contributed by atoms with Crippen molar-refractivity contribution in [3.8, 4) is 5.75 Å². The topological polar surface area (TPSA) is 122 Å². The molecule has 2 aromatic carbocycles. The van der Waals surface area contributed by atoms with Crippen LogP contribution in [0.4, 0.5) is 27.5 Å². The van der Waals surface area contributed by atoms with E-state index in [1.807, 2.05) is 25.2 Å². The van der Waals surface area contributed by atoms with Gasteiger partial charge in [-0.1, -0.05) is 18.2 Å². The number of sulfonamides is 1. The number of rotatable bonds is 7. The van der Waals surface area contributed by atoms with Crippen LogP contribution in [0.2, 0.25) is 0 Å². The molecule has 4 rings (SSSR count). The second kappa shape index (κ2) is 9.07. The molecule has 0 amide bonds. The van der Waals surface area contributed by atoms with Gasteiger partial charge in [0.05, 0.1) is 16.8 Å². The fourth-order valence-corrected chi connectivity index (χ4v) is 3.92. The summed E-state index contributed by atoms with van der Waals surface area (Å²) in [5.74, 6) is -0.0219. The molecule has 1 atom stereocenters. The van der Waals surface area contributed by atoms with Crippen molar-refractivity contribution in [2.45, 2.75) is 17.4 Å². The van der Waals surface area contributed by atoms with E-state index < -0.39 is 15.8 Å². The molecule has 0 radical (unpaired) electrons. The molecular formula is C21H23FN6O3S. The molecule has 4 N–H and O–H groups in total. The SMILES string of the molecule is CN1CCC(Oc2ccccc2Nc2nc(Nc3cccc(S(N)(=O)=O)c3)ncc2F)C1. The number of likely N-dealkylation sites (tertiary alicyclic amines) is 1. The summed E-state index contributed by atoms with van der Waals surface area (Å²) in [7, 11) is -1.82. The minimum Gasteiger partial charge on any atom is -0.487 e. The van der Waals surface area contributed by atoms with Crippen LogP contribution in [0.1, 0.15) is 6.42 Å². The lowest BCUT2D eigenvalue weighted by atomic mass is 10.2. The van der Waals surface area contributed by atoms with E-state index in [1.165, 1.54) is 18.2 Å². The van der Waals surface area contributed by atoms with Gasteiger partial charge in [-0.25, -0.2) is 22.9 Å². The quantitative estimate of drug-likeness (QED) is 0.494. The van der Waals surface area contributed by atoms with Gasteiger partial charge in [-0.05, 0) is 43.8 Å². The minimum absolute atomic E-state index is 0.0512. The molecule has 0 bridgehead atoms. The Labute approximate surface area is 185 Å². The molecule has 0 aliphatic carbocycles. The predicted molar refractivity (Wildman–Crippen MR) is 119 cm³/mol. The highest BCUT2D eigenvalue weighted by molar-refractivity contribution is 7.89. The smallest absolute Gasteiger partial charge is 0.238 e. The summed E-state index contributed by atoms with van der Waals surface area (Å²) in [5.41, 5.74) is 0.963. The van der Waals surface area contributed by atoms with Crippen LogP contribution in [-0.4, -0.2) is 49.5 Å². The minimum atomic E-state index is -3.86. The largest absolute Gasteiger partial charge is 0.487 e. The second-order valence-corrected chi connectivity index (χ2v) is 9.06. The highest BCUT2D eigenvalue weighted by atomic mass is 32.2. The summed E-state index contributed by atoms with van der Waals surface area (Å²) < 4.78 is 43.7. The molecule has 168 valence electrons. The first-order valence-corrected chi connectivity index (χ1v) is 11.5. The van der Waals surface area contributed by atoms with Crippen molar-refractivity contribution >= 4 is 33.2 Å². The fourth-order valence-electron chi connectivity index (χ4n) is 3.37. The van der Waals surface area contributed by atoms with Crippen molar-refractivity contribution in [3.05, 3.63) is 60.5 Å². The number of primary sulfonamides is 1. The Morgan fingerprint density at radius 2 is 2.00 bits per heavy atom. The summed E-state index contributed by atoms with van der Waals surface area (Å²) in [4.78, 5) is 10.2. The van der Waals surface area contributed by atoms with Crippen LogP contribution < -0.4 is 20.5 Å². The van der Waals surface area contributed by atoms with Crippen LogP contribution >= 0.6 is 0 Å². The number of nitrogens with zero attached hydrogens (tertiary/aromatic N) is 3. The fraction of sp³-hybridized carbons (Fsp3) is 0.238. The number of likely N-dealkylation sites (N-methyl/N-ethyl adjacent to an activating group) is 1. The number of aromatic nitrogens is 2. The van der Waals surface area contributed by atoms with Crippen LogP contribution in [0, 0.1) is 5.82 Å². The molecule has 1 aliphatic heterocycles. The monoisotopic (exact) mass is 458 g/mol. The molecule has 32 heavy (non-hydrogen) atoms. The number of anilines is 4. The Kier molecular flexibility index (Phi) is 6.21. The molecule has 11 heteroatoms. The zero-order valence-corrected chi connectivity index (χ0v) is 18.1. The lowest BCUT2D eigenvalue weighted by Crippen LogP contribution is -2.21. The number of hydrogen-bond acceptors (Lipinski definition) is 8. The normalized spacial score (nSPS) is 16.7. The number of nitrogens with two attached hydrogens (primary N) is 1. The maximum atomic E-state index is 14.4. The van der Waals surface area contributed by atoms with Crippen LogP contribution in [0.5, 0.6) is 5.75 Å². The summed E-state index contributed by atoms with van der Waals surface area (Å²) in [6, 6.07) is 13.1. The third-order valence-corrected chi connectivity index (χ3v) is 5.86. The first-order valence-electron chi connectivity index (χ1n) is 9.91. The Balaban J connectivity index is 1.54. The van der Waals surface area contributed by atoms with E-state index in [0.717, 1.165) is 25.7 Å². The Hall–Kier alpha value is -3.28. The van der Waals surface area contributed by atoms with Gasteiger partial charge in [-0.2, -0.15) is 4.98 Å². The van der Waals surface area contributed by atoms with Gasteiger partial charge in [0.25, 0.3) is 0 Å². The van der Waals surface area contributed by atoms with Crippen LogP contribution in [-0.2, 0) is 10.0 Å².